The van der Waals surface area contributed by atoms with Gasteiger partial charge in [-0.1, -0.05) is 12.1 Å². The minimum absolute atomic E-state index is 0.119. The Balaban J connectivity index is 1.80. The Hall–Kier alpha value is -3.09. The molecule has 1 amide bonds. The second-order valence-corrected chi connectivity index (χ2v) is 5.37. The van der Waals surface area contributed by atoms with Crippen molar-refractivity contribution in [2.75, 3.05) is 11.9 Å². The van der Waals surface area contributed by atoms with Crippen LogP contribution in [0.15, 0.2) is 41.5 Å². The number of nitrogens with one attached hydrogen (secondary N) is 2. The molecule has 0 aliphatic rings. The summed E-state index contributed by atoms with van der Waals surface area (Å²) in [6, 6.07) is 8.89. The number of hydrogen-bond donors (Lipinski definition) is 2. The average molecular weight is 326 g/mol. The Morgan fingerprint density at radius 1 is 1.38 bits per heavy atom. The zero-order valence-electron chi connectivity index (χ0n) is 13.5. The second kappa shape index (κ2) is 6.57. The van der Waals surface area contributed by atoms with Gasteiger partial charge in [-0.05, 0) is 32.0 Å². The predicted molar refractivity (Wildman–Crippen MR) is 91.3 cm³/mol. The van der Waals surface area contributed by atoms with Gasteiger partial charge in [-0.15, -0.1) is 0 Å². The number of aromatic amines is 1. The van der Waals surface area contributed by atoms with Gasteiger partial charge in [0.25, 0.3) is 5.56 Å². The van der Waals surface area contributed by atoms with E-state index in [1.165, 1.54) is 10.9 Å². The molecule has 7 heteroatoms. The van der Waals surface area contributed by atoms with Crippen LogP contribution < -0.4 is 15.6 Å². The summed E-state index contributed by atoms with van der Waals surface area (Å²) in [4.78, 5) is 31.8. The number of hydrogen-bond acceptors (Lipinski definition) is 4. The van der Waals surface area contributed by atoms with E-state index < -0.39 is 0 Å². The molecule has 0 saturated carbocycles. The highest BCUT2D eigenvalue weighted by Gasteiger charge is 2.11. The van der Waals surface area contributed by atoms with E-state index in [2.05, 4.69) is 15.3 Å². The first-order valence-corrected chi connectivity index (χ1v) is 7.65. The standard InChI is InChI=1S/C17H18N4O3/c1-3-24-14-7-5-4-6-13(14)20-15(22)9-21-10-18-16-12(17(21)23)8-11(2)19-16/h4-8,10,19H,3,9H2,1-2H3,(H,20,22). The van der Waals surface area contributed by atoms with Crippen LogP contribution in [0.5, 0.6) is 5.75 Å². The van der Waals surface area contributed by atoms with Crippen molar-refractivity contribution in [2.24, 2.45) is 0 Å². The van der Waals surface area contributed by atoms with Crippen LogP contribution in [0.4, 0.5) is 5.69 Å². The highest BCUT2D eigenvalue weighted by molar-refractivity contribution is 5.92. The minimum atomic E-state index is -0.322. The Morgan fingerprint density at radius 2 is 2.17 bits per heavy atom. The molecular weight excluding hydrogens is 308 g/mol. The van der Waals surface area contributed by atoms with Crippen LogP contribution in [0.3, 0.4) is 0 Å². The van der Waals surface area contributed by atoms with Gasteiger partial charge in [-0.3, -0.25) is 14.2 Å². The summed E-state index contributed by atoms with van der Waals surface area (Å²) in [5, 5.41) is 3.23. The third kappa shape index (κ3) is 3.15. The molecule has 0 radical (unpaired) electrons. The van der Waals surface area contributed by atoms with Gasteiger partial charge in [0.15, 0.2) is 0 Å². The molecule has 0 aliphatic carbocycles. The van der Waals surface area contributed by atoms with E-state index in [1.807, 2.05) is 19.9 Å². The van der Waals surface area contributed by atoms with Gasteiger partial charge in [0.1, 0.15) is 24.3 Å². The smallest absolute Gasteiger partial charge is 0.263 e. The number of carbonyl (C=O) groups excluding carboxylic acids is 1. The maximum Gasteiger partial charge on any atom is 0.263 e. The summed E-state index contributed by atoms with van der Waals surface area (Å²) >= 11 is 0. The fraction of sp³-hybridized carbons (Fsp3) is 0.235. The molecule has 1 aromatic carbocycles. The Morgan fingerprint density at radius 3 is 2.96 bits per heavy atom. The maximum atomic E-state index is 12.4. The van der Waals surface area contributed by atoms with Crippen molar-refractivity contribution in [2.45, 2.75) is 20.4 Å². The van der Waals surface area contributed by atoms with E-state index in [9.17, 15) is 9.59 Å². The van der Waals surface area contributed by atoms with Crippen LogP contribution in [0.25, 0.3) is 11.0 Å². The van der Waals surface area contributed by atoms with Gasteiger partial charge in [0, 0.05) is 5.69 Å². The van der Waals surface area contributed by atoms with E-state index in [0.29, 0.717) is 29.1 Å². The lowest BCUT2D eigenvalue weighted by atomic mass is 10.3. The molecular formula is C17H18N4O3. The fourth-order valence-corrected chi connectivity index (χ4v) is 2.48. The monoisotopic (exact) mass is 326 g/mol. The second-order valence-electron chi connectivity index (χ2n) is 5.37. The van der Waals surface area contributed by atoms with Crippen molar-refractivity contribution in [1.29, 1.82) is 0 Å². The number of carbonyl (C=O) groups is 1. The summed E-state index contributed by atoms with van der Waals surface area (Å²) in [6.45, 7) is 4.10. The third-order valence-electron chi connectivity index (χ3n) is 3.52. The zero-order valence-corrected chi connectivity index (χ0v) is 13.5. The Kier molecular flexibility index (Phi) is 4.33. The van der Waals surface area contributed by atoms with Gasteiger partial charge >= 0.3 is 0 Å². The Labute approximate surface area is 138 Å². The van der Waals surface area contributed by atoms with Crippen molar-refractivity contribution < 1.29 is 9.53 Å². The normalized spacial score (nSPS) is 10.8. The molecule has 24 heavy (non-hydrogen) atoms. The molecule has 0 aliphatic heterocycles. The molecule has 0 bridgehead atoms. The number of rotatable bonds is 5. The van der Waals surface area contributed by atoms with E-state index in [1.54, 1.807) is 24.3 Å². The number of nitrogens with zero attached hydrogens (tertiary/aromatic N) is 2. The number of ether oxygens (including phenoxy) is 1. The van der Waals surface area contributed by atoms with Gasteiger partial charge in [-0.2, -0.15) is 0 Å². The highest BCUT2D eigenvalue weighted by atomic mass is 16.5. The minimum Gasteiger partial charge on any atom is -0.492 e. The number of benzene rings is 1. The zero-order chi connectivity index (χ0) is 17.1. The first-order valence-electron chi connectivity index (χ1n) is 7.65. The average Bonchev–Trinajstić information content (AvgIpc) is 2.94. The fourth-order valence-electron chi connectivity index (χ4n) is 2.48. The molecule has 0 fully saturated rings. The molecule has 3 aromatic rings. The first kappa shape index (κ1) is 15.8. The summed E-state index contributed by atoms with van der Waals surface area (Å²) in [6.07, 6.45) is 1.37. The van der Waals surface area contributed by atoms with Gasteiger partial charge < -0.3 is 15.0 Å². The van der Waals surface area contributed by atoms with Crippen LogP contribution in [-0.2, 0) is 11.3 Å². The molecule has 0 unspecified atom stereocenters. The van der Waals surface area contributed by atoms with Crippen molar-refractivity contribution in [3.8, 4) is 5.75 Å². The van der Waals surface area contributed by atoms with Gasteiger partial charge in [-0.25, -0.2) is 4.98 Å². The highest BCUT2D eigenvalue weighted by Crippen LogP contribution is 2.23. The number of aryl methyl sites for hydroxylation is 1. The van der Waals surface area contributed by atoms with Crippen molar-refractivity contribution in [3.05, 3.63) is 52.7 Å². The topological polar surface area (TPSA) is 89.0 Å². The lowest BCUT2D eigenvalue weighted by Crippen LogP contribution is -2.27. The quantitative estimate of drug-likeness (QED) is 0.751. The molecule has 2 heterocycles. The summed E-state index contributed by atoms with van der Waals surface area (Å²) in [5.41, 5.74) is 1.69. The van der Waals surface area contributed by atoms with Crippen molar-refractivity contribution >= 4 is 22.6 Å². The van der Waals surface area contributed by atoms with Crippen LogP contribution in [-0.4, -0.2) is 27.0 Å². The summed E-state index contributed by atoms with van der Waals surface area (Å²) in [5.74, 6) is 0.271. The van der Waals surface area contributed by atoms with Gasteiger partial charge in [0.2, 0.25) is 5.91 Å². The molecule has 3 rings (SSSR count). The molecule has 2 N–H and O–H groups in total. The van der Waals surface area contributed by atoms with Crippen LogP contribution in [0.1, 0.15) is 12.6 Å². The lowest BCUT2D eigenvalue weighted by Gasteiger charge is -2.11. The molecule has 7 nitrogen and oxygen atoms in total. The first-order chi connectivity index (χ1) is 11.6. The van der Waals surface area contributed by atoms with E-state index in [-0.39, 0.29) is 18.0 Å². The number of amides is 1. The van der Waals surface area contributed by atoms with E-state index in [4.69, 9.17) is 4.74 Å². The molecule has 0 spiro atoms. The molecule has 2 aromatic heterocycles. The maximum absolute atomic E-state index is 12.4. The van der Waals surface area contributed by atoms with Gasteiger partial charge in [0.05, 0.1) is 17.7 Å². The number of aromatic nitrogens is 3. The lowest BCUT2D eigenvalue weighted by molar-refractivity contribution is -0.116. The summed E-state index contributed by atoms with van der Waals surface area (Å²) in [7, 11) is 0. The van der Waals surface area contributed by atoms with Crippen LogP contribution in [0.2, 0.25) is 0 Å². The number of para-hydroxylation sites is 2. The van der Waals surface area contributed by atoms with Crippen molar-refractivity contribution in [3.63, 3.8) is 0 Å². The number of anilines is 1. The predicted octanol–water partition coefficient (Wildman–Crippen LogP) is 2.07. The Bertz CT molecular complexity index is 942. The largest absolute Gasteiger partial charge is 0.492 e. The van der Waals surface area contributed by atoms with Crippen LogP contribution in [0, 0.1) is 6.92 Å². The number of H-pyrrole nitrogens is 1. The molecule has 124 valence electrons. The summed E-state index contributed by atoms with van der Waals surface area (Å²) < 4.78 is 6.76. The van der Waals surface area contributed by atoms with E-state index in [0.717, 1.165) is 5.69 Å². The van der Waals surface area contributed by atoms with Crippen molar-refractivity contribution in [1.82, 2.24) is 14.5 Å². The van der Waals surface area contributed by atoms with Crippen LogP contribution >= 0.6 is 0 Å². The SMILES string of the molecule is CCOc1ccccc1NC(=O)Cn1cnc2[nH]c(C)cc2c1=O. The number of fused-ring (bicyclic) bond motifs is 1. The molecule has 0 saturated heterocycles. The molecule has 0 atom stereocenters. The third-order valence-corrected chi connectivity index (χ3v) is 3.52. The van der Waals surface area contributed by atoms with E-state index >= 15 is 0 Å².